The predicted octanol–water partition coefficient (Wildman–Crippen LogP) is 2.20. The molecule has 1 heterocycles. The first kappa shape index (κ1) is 24.7. The van der Waals surface area contributed by atoms with Crippen LogP contribution in [0.4, 0.5) is 0 Å². The molecule has 1 aromatic carbocycles. The molecule has 0 bridgehead atoms. The predicted molar refractivity (Wildman–Crippen MR) is 121 cm³/mol. The molecule has 2 N–H and O–H groups in total. The summed E-state index contributed by atoms with van der Waals surface area (Å²) < 4.78 is 33.3. The van der Waals surface area contributed by atoms with Crippen LogP contribution < -0.4 is 10.0 Å². The second-order valence-electron chi connectivity index (χ2n) is 8.61. The molecule has 0 radical (unpaired) electrons. The van der Waals surface area contributed by atoms with Gasteiger partial charge >= 0.3 is 0 Å². The van der Waals surface area contributed by atoms with Gasteiger partial charge in [-0.1, -0.05) is 44.4 Å². The largest absolute Gasteiger partial charge is 0.376 e. The molecule has 0 unspecified atom stereocenters. The van der Waals surface area contributed by atoms with Crippen LogP contribution in [0.25, 0.3) is 0 Å². The van der Waals surface area contributed by atoms with Crippen molar-refractivity contribution in [1.82, 2.24) is 14.9 Å². The van der Waals surface area contributed by atoms with E-state index in [1.807, 2.05) is 6.92 Å². The molecule has 9 heteroatoms. The molecule has 0 spiro atoms. The maximum absolute atomic E-state index is 13.2. The van der Waals surface area contributed by atoms with E-state index in [1.165, 1.54) is 17.0 Å². The zero-order chi connectivity index (χ0) is 23.0. The minimum Gasteiger partial charge on any atom is -0.376 e. The van der Waals surface area contributed by atoms with E-state index in [4.69, 9.17) is 4.74 Å². The van der Waals surface area contributed by atoms with Crippen LogP contribution in [0.1, 0.15) is 58.3 Å². The first-order valence-corrected chi connectivity index (χ1v) is 13.1. The number of rotatable bonds is 11. The molecule has 2 aliphatic rings. The molecule has 2 fully saturated rings. The van der Waals surface area contributed by atoms with Crippen LogP contribution in [-0.2, 0) is 24.3 Å². The number of carbonyl (C=O) groups is 2. The minimum absolute atomic E-state index is 0.0996. The van der Waals surface area contributed by atoms with Crippen molar-refractivity contribution < 1.29 is 22.7 Å². The van der Waals surface area contributed by atoms with Crippen molar-refractivity contribution in [2.75, 3.05) is 19.7 Å². The molecule has 2 amide bonds. The van der Waals surface area contributed by atoms with E-state index in [1.54, 1.807) is 18.2 Å². The zero-order valence-corrected chi connectivity index (χ0v) is 19.6. The van der Waals surface area contributed by atoms with Crippen molar-refractivity contribution in [2.45, 2.75) is 81.4 Å². The van der Waals surface area contributed by atoms with Crippen LogP contribution in [-0.4, -0.2) is 63.0 Å². The third kappa shape index (κ3) is 6.76. The highest BCUT2D eigenvalue weighted by Gasteiger charge is 2.34. The lowest BCUT2D eigenvalue weighted by molar-refractivity contribution is -0.142. The van der Waals surface area contributed by atoms with Gasteiger partial charge in [0.1, 0.15) is 6.04 Å². The number of benzene rings is 1. The Hall–Kier alpha value is -1.97. The van der Waals surface area contributed by atoms with E-state index in [2.05, 4.69) is 10.0 Å². The highest BCUT2D eigenvalue weighted by Crippen LogP contribution is 2.20. The molecule has 8 nitrogen and oxygen atoms in total. The summed E-state index contributed by atoms with van der Waals surface area (Å²) in [6.45, 7) is 2.50. The van der Waals surface area contributed by atoms with Gasteiger partial charge in [-0.2, -0.15) is 0 Å². The summed E-state index contributed by atoms with van der Waals surface area (Å²) in [6.07, 6.45) is 6.97. The van der Waals surface area contributed by atoms with Crippen LogP contribution in [0, 0.1) is 0 Å². The number of amides is 2. The summed E-state index contributed by atoms with van der Waals surface area (Å²) in [5.41, 5.74) is 0. The van der Waals surface area contributed by atoms with Crippen LogP contribution in [0.15, 0.2) is 35.2 Å². The van der Waals surface area contributed by atoms with Gasteiger partial charge in [-0.3, -0.25) is 9.59 Å². The fraction of sp³-hybridized carbons (Fsp3) is 0.652. The van der Waals surface area contributed by atoms with Gasteiger partial charge in [-0.05, 0) is 44.2 Å². The summed E-state index contributed by atoms with van der Waals surface area (Å²) in [6, 6.07) is 7.45. The summed E-state index contributed by atoms with van der Waals surface area (Å²) in [4.78, 5) is 28.0. The van der Waals surface area contributed by atoms with E-state index in [0.29, 0.717) is 13.0 Å². The van der Waals surface area contributed by atoms with Crippen molar-refractivity contribution in [3.8, 4) is 0 Å². The number of hydrogen-bond donors (Lipinski definition) is 2. The van der Waals surface area contributed by atoms with Gasteiger partial charge in [0.25, 0.3) is 0 Å². The fourth-order valence-corrected chi connectivity index (χ4v) is 5.42. The van der Waals surface area contributed by atoms with Gasteiger partial charge < -0.3 is 15.0 Å². The molecule has 1 aliphatic carbocycles. The topological polar surface area (TPSA) is 105 Å². The van der Waals surface area contributed by atoms with Crippen molar-refractivity contribution in [3.05, 3.63) is 30.3 Å². The van der Waals surface area contributed by atoms with Gasteiger partial charge in [0.15, 0.2) is 0 Å². The first-order valence-electron chi connectivity index (χ1n) is 11.7. The average Bonchev–Trinajstić information content (AvgIpc) is 3.49. The SMILES string of the molecule is CCC[C@H](C(=O)NC1CCCC1)N(C[C@H]1CCCO1)C(=O)CNS(=O)(=O)c1ccccc1. The van der Waals surface area contributed by atoms with Gasteiger partial charge in [0, 0.05) is 19.2 Å². The molecule has 1 saturated carbocycles. The number of nitrogens with one attached hydrogen (secondary N) is 2. The summed E-state index contributed by atoms with van der Waals surface area (Å²) in [7, 11) is -3.82. The Kier molecular flexibility index (Phi) is 9.07. The van der Waals surface area contributed by atoms with Crippen LogP contribution >= 0.6 is 0 Å². The minimum atomic E-state index is -3.82. The maximum atomic E-state index is 13.2. The molecule has 1 saturated heterocycles. The van der Waals surface area contributed by atoms with Gasteiger partial charge in [0.05, 0.1) is 17.5 Å². The van der Waals surface area contributed by atoms with Crippen molar-refractivity contribution in [1.29, 1.82) is 0 Å². The van der Waals surface area contributed by atoms with E-state index < -0.39 is 28.5 Å². The third-order valence-electron chi connectivity index (χ3n) is 6.15. The second-order valence-corrected chi connectivity index (χ2v) is 10.4. The van der Waals surface area contributed by atoms with Crippen molar-refractivity contribution in [2.24, 2.45) is 0 Å². The summed E-state index contributed by atoms with van der Waals surface area (Å²) in [5.74, 6) is -0.573. The summed E-state index contributed by atoms with van der Waals surface area (Å²) in [5, 5.41) is 3.11. The van der Waals surface area contributed by atoms with E-state index in [-0.39, 0.29) is 29.5 Å². The Morgan fingerprint density at radius 3 is 2.47 bits per heavy atom. The molecule has 2 atom stereocenters. The van der Waals surface area contributed by atoms with Crippen molar-refractivity contribution >= 4 is 21.8 Å². The molecule has 32 heavy (non-hydrogen) atoms. The van der Waals surface area contributed by atoms with Gasteiger partial charge in [-0.25, -0.2) is 13.1 Å². The molecule has 3 rings (SSSR count). The Bertz CT molecular complexity index is 850. The van der Waals surface area contributed by atoms with E-state index >= 15 is 0 Å². The Labute approximate surface area is 191 Å². The lowest BCUT2D eigenvalue weighted by Gasteiger charge is -2.33. The fourth-order valence-electron chi connectivity index (χ4n) is 4.42. The number of ether oxygens (including phenoxy) is 1. The highest BCUT2D eigenvalue weighted by atomic mass is 32.2. The maximum Gasteiger partial charge on any atom is 0.243 e. The van der Waals surface area contributed by atoms with Gasteiger partial charge in [-0.15, -0.1) is 0 Å². The van der Waals surface area contributed by atoms with Crippen molar-refractivity contribution in [3.63, 3.8) is 0 Å². The molecule has 1 aliphatic heterocycles. The van der Waals surface area contributed by atoms with Crippen LogP contribution in [0.3, 0.4) is 0 Å². The Morgan fingerprint density at radius 1 is 1.12 bits per heavy atom. The van der Waals surface area contributed by atoms with Crippen LogP contribution in [0.5, 0.6) is 0 Å². The number of sulfonamides is 1. The van der Waals surface area contributed by atoms with E-state index in [0.717, 1.165) is 44.9 Å². The monoisotopic (exact) mass is 465 g/mol. The average molecular weight is 466 g/mol. The lowest BCUT2D eigenvalue weighted by atomic mass is 10.1. The smallest absolute Gasteiger partial charge is 0.243 e. The number of nitrogens with zero attached hydrogens (tertiary/aromatic N) is 1. The molecule has 0 aromatic heterocycles. The van der Waals surface area contributed by atoms with Gasteiger partial charge in [0.2, 0.25) is 21.8 Å². The lowest BCUT2D eigenvalue weighted by Crippen LogP contribution is -2.55. The third-order valence-corrected chi connectivity index (χ3v) is 7.57. The number of hydrogen-bond acceptors (Lipinski definition) is 5. The molecule has 178 valence electrons. The normalized spacial score (nSPS) is 20.2. The summed E-state index contributed by atoms with van der Waals surface area (Å²) >= 11 is 0. The quantitative estimate of drug-likeness (QED) is 0.521. The Balaban J connectivity index is 1.73. The highest BCUT2D eigenvalue weighted by molar-refractivity contribution is 7.89. The molecular weight excluding hydrogens is 430 g/mol. The second kappa shape index (κ2) is 11.8. The molecule has 1 aromatic rings. The van der Waals surface area contributed by atoms with E-state index in [9.17, 15) is 18.0 Å². The molecular formula is C23H35N3O5S. The Morgan fingerprint density at radius 2 is 1.84 bits per heavy atom. The van der Waals surface area contributed by atoms with Crippen LogP contribution in [0.2, 0.25) is 0 Å². The number of carbonyl (C=O) groups excluding carboxylic acids is 2. The standard InChI is InChI=1S/C23H35N3O5S/c1-2-9-21(23(28)25-18-10-6-7-11-18)26(17-19-12-8-15-31-19)22(27)16-24-32(29,30)20-13-4-3-5-14-20/h3-5,13-14,18-19,21,24H,2,6-12,15-17H2,1H3,(H,25,28)/t19-,21-/m1/s1. The first-order chi connectivity index (χ1) is 15.4. The zero-order valence-electron chi connectivity index (χ0n) is 18.8.